The normalized spacial score (nSPS) is 39.8. The molecule has 4 aliphatic rings. The van der Waals surface area contributed by atoms with Crippen molar-refractivity contribution >= 4 is 0 Å². The first-order valence-electron chi connectivity index (χ1n) is 7.60. The van der Waals surface area contributed by atoms with E-state index in [1.807, 2.05) is 6.92 Å². The zero-order valence-electron chi connectivity index (χ0n) is 11.6. The molecule has 4 fully saturated rings. The van der Waals surface area contributed by atoms with Crippen LogP contribution in [0.1, 0.15) is 49.8 Å². The predicted octanol–water partition coefficient (Wildman–Crippen LogP) is 2.52. The second-order valence-corrected chi connectivity index (χ2v) is 7.04. The number of hydrogen-bond donors (Lipinski definition) is 2. The number of aryl methyl sites for hydroxylation is 1. The summed E-state index contributed by atoms with van der Waals surface area (Å²) in [5, 5.41) is 7.35. The number of nitrogens with one attached hydrogen (secondary N) is 1. The standard InChI is InChI=1S/C15H23N3O/c1-9-13(8-16)14(18-17-9)19-15-5-10-2-11(6-15)4-12(3-10)7-15/h10-12H,2-8,16H2,1H3,(H,17,18). The highest BCUT2D eigenvalue weighted by atomic mass is 16.5. The fraction of sp³-hybridized carbons (Fsp3) is 0.800. The van der Waals surface area contributed by atoms with Crippen molar-refractivity contribution in [3.05, 3.63) is 11.3 Å². The van der Waals surface area contributed by atoms with Crippen molar-refractivity contribution in [1.82, 2.24) is 10.2 Å². The first kappa shape index (κ1) is 11.8. The van der Waals surface area contributed by atoms with Crippen LogP contribution in [-0.2, 0) is 6.54 Å². The number of rotatable bonds is 3. The zero-order chi connectivity index (χ0) is 13.0. The molecule has 0 radical (unpaired) electrons. The van der Waals surface area contributed by atoms with Crippen LogP contribution in [0.15, 0.2) is 0 Å². The Morgan fingerprint density at radius 3 is 2.32 bits per heavy atom. The first-order chi connectivity index (χ1) is 9.17. The monoisotopic (exact) mass is 261 g/mol. The lowest BCUT2D eigenvalue weighted by Crippen LogP contribution is -2.53. The average Bonchev–Trinajstić information content (AvgIpc) is 2.67. The minimum Gasteiger partial charge on any atom is -0.470 e. The molecule has 4 aliphatic carbocycles. The van der Waals surface area contributed by atoms with E-state index >= 15 is 0 Å². The molecule has 0 amide bonds. The summed E-state index contributed by atoms with van der Waals surface area (Å²) in [6.07, 6.45) is 8.00. The highest BCUT2D eigenvalue weighted by Crippen LogP contribution is 2.57. The minimum absolute atomic E-state index is 0.0697. The van der Waals surface area contributed by atoms with Crippen LogP contribution in [-0.4, -0.2) is 15.8 Å². The van der Waals surface area contributed by atoms with Crippen LogP contribution in [0.25, 0.3) is 0 Å². The lowest BCUT2D eigenvalue weighted by atomic mass is 9.54. The Balaban J connectivity index is 1.62. The van der Waals surface area contributed by atoms with Crippen molar-refractivity contribution in [1.29, 1.82) is 0 Å². The van der Waals surface area contributed by atoms with Gasteiger partial charge in [-0.15, -0.1) is 5.10 Å². The molecule has 0 atom stereocenters. The fourth-order valence-corrected chi connectivity index (χ4v) is 5.12. The van der Waals surface area contributed by atoms with E-state index in [4.69, 9.17) is 10.5 Å². The quantitative estimate of drug-likeness (QED) is 0.878. The third-order valence-electron chi connectivity index (χ3n) is 5.54. The van der Waals surface area contributed by atoms with E-state index < -0.39 is 0 Å². The summed E-state index contributed by atoms with van der Waals surface area (Å²) in [7, 11) is 0. The summed E-state index contributed by atoms with van der Waals surface area (Å²) in [5.41, 5.74) is 7.99. The number of nitrogens with two attached hydrogens (primary N) is 1. The smallest absolute Gasteiger partial charge is 0.237 e. The first-order valence-corrected chi connectivity index (χ1v) is 7.60. The summed E-state index contributed by atoms with van der Waals surface area (Å²) in [6, 6.07) is 0. The minimum atomic E-state index is 0.0697. The van der Waals surface area contributed by atoms with Crippen LogP contribution in [0.3, 0.4) is 0 Å². The number of ether oxygens (including phenoxy) is 1. The summed E-state index contributed by atoms with van der Waals surface area (Å²) >= 11 is 0. The van der Waals surface area contributed by atoms with Crippen LogP contribution in [0.2, 0.25) is 0 Å². The fourth-order valence-electron chi connectivity index (χ4n) is 5.12. The Labute approximate surface area is 114 Å². The van der Waals surface area contributed by atoms with Gasteiger partial charge in [-0.25, -0.2) is 0 Å². The summed E-state index contributed by atoms with van der Waals surface area (Å²) < 4.78 is 6.44. The van der Waals surface area contributed by atoms with Gasteiger partial charge in [0, 0.05) is 17.8 Å². The highest BCUT2D eigenvalue weighted by molar-refractivity contribution is 5.30. The molecule has 4 nitrogen and oxygen atoms in total. The average molecular weight is 261 g/mol. The summed E-state index contributed by atoms with van der Waals surface area (Å²) in [6.45, 7) is 2.52. The molecule has 0 spiro atoms. The van der Waals surface area contributed by atoms with Crippen LogP contribution < -0.4 is 10.5 Å². The van der Waals surface area contributed by atoms with Crippen molar-refractivity contribution < 1.29 is 4.74 Å². The molecule has 0 aliphatic heterocycles. The van der Waals surface area contributed by atoms with Crippen molar-refractivity contribution in [2.24, 2.45) is 23.5 Å². The Kier molecular flexibility index (Phi) is 2.47. The van der Waals surface area contributed by atoms with Gasteiger partial charge < -0.3 is 10.5 Å². The molecule has 0 saturated heterocycles. The summed E-state index contributed by atoms with van der Waals surface area (Å²) in [5.74, 6) is 3.45. The third kappa shape index (κ3) is 1.80. The van der Waals surface area contributed by atoms with E-state index in [0.29, 0.717) is 6.54 Å². The molecule has 5 rings (SSSR count). The van der Waals surface area contributed by atoms with E-state index in [2.05, 4.69) is 10.2 Å². The maximum Gasteiger partial charge on any atom is 0.237 e. The van der Waals surface area contributed by atoms with Crippen LogP contribution >= 0.6 is 0 Å². The molecule has 0 aromatic carbocycles. The second-order valence-electron chi connectivity index (χ2n) is 7.04. The number of H-pyrrole nitrogens is 1. The molecule has 1 aromatic rings. The molecular formula is C15H23N3O. The SMILES string of the molecule is Cc1[nH]nc(OC23CC4CC(CC(C4)C2)C3)c1CN. The van der Waals surface area contributed by atoms with Crippen LogP contribution in [0.4, 0.5) is 0 Å². The highest BCUT2D eigenvalue weighted by Gasteiger charge is 2.52. The van der Waals surface area contributed by atoms with Gasteiger partial charge in [-0.05, 0) is 63.2 Å². The topological polar surface area (TPSA) is 63.9 Å². The van der Waals surface area contributed by atoms with E-state index in [9.17, 15) is 0 Å². The van der Waals surface area contributed by atoms with Crippen molar-refractivity contribution in [2.45, 2.75) is 57.6 Å². The van der Waals surface area contributed by atoms with Crippen molar-refractivity contribution in [2.75, 3.05) is 0 Å². The van der Waals surface area contributed by atoms with Gasteiger partial charge in [0.1, 0.15) is 5.60 Å². The van der Waals surface area contributed by atoms with E-state index in [1.54, 1.807) is 0 Å². The van der Waals surface area contributed by atoms with Gasteiger partial charge in [-0.1, -0.05) is 0 Å². The summed E-state index contributed by atoms with van der Waals surface area (Å²) in [4.78, 5) is 0. The Morgan fingerprint density at radius 2 is 1.79 bits per heavy atom. The maximum atomic E-state index is 6.44. The molecule has 1 aromatic heterocycles. The third-order valence-corrected chi connectivity index (χ3v) is 5.54. The van der Waals surface area contributed by atoms with E-state index in [1.165, 1.54) is 38.5 Å². The lowest BCUT2D eigenvalue weighted by molar-refractivity contribution is -0.109. The van der Waals surface area contributed by atoms with Crippen LogP contribution in [0.5, 0.6) is 5.88 Å². The van der Waals surface area contributed by atoms with E-state index in [-0.39, 0.29) is 5.60 Å². The van der Waals surface area contributed by atoms with Gasteiger partial charge in [-0.2, -0.15) is 0 Å². The van der Waals surface area contributed by atoms with Crippen LogP contribution in [0, 0.1) is 24.7 Å². The van der Waals surface area contributed by atoms with Gasteiger partial charge in [-0.3, -0.25) is 5.10 Å². The molecule has 4 heteroatoms. The largest absolute Gasteiger partial charge is 0.470 e. The Bertz CT molecular complexity index is 458. The number of aromatic nitrogens is 2. The molecule has 3 N–H and O–H groups in total. The zero-order valence-corrected chi connectivity index (χ0v) is 11.6. The Hall–Kier alpha value is -1.03. The van der Waals surface area contributed by atoms with Gasteiger partial charge in [0.15, 0.2) is 0 Å². The Morgan fingerprint density at radius 1 is 1.21 bits per heavy atom. The maximum absolute atomic E-state index is 6.44. The van der Waals surface area contributed by atoms with Crippen molar-refractivity contribution in [3.63, 3.8) is 0 Å². The van der Waals surface area contributed by atoms with Gasteiger partial charge in [0.25, 0.3) is 0 Å². The number of aromatic amines is 1. The second kappa shape index (κ2) is 3.98. The molecule has 1 heterocycles. The molecular weight excluding hydrogens is 238 g/mol. The number of hydrogen-bond acceptors (Lipinski definition) is 3. The molecule has 104 valence electrons. The molecule has 4 saturated carbocycles. The van der Waals surface area contributed by atoms with Crippen molar-refractivity contribution in [3.8, 4) is 5.88 Å². The lowest BCUT2D eigenvalue weighted by Gasteiger charge is -2.55. The van der Waals surface area contributed by atoms with Gasteiger partial charge in [0.05, 0.1) is 0 Å². The van der Waals surface area contributed by atoms with Gasteiger partial charge in [0.2, 0.25) is 5.88 Å². The molecule has 19 heavy (non-hydrogen) atoms. The molecule has 0 unspecified atom stereocenters. The molecule has 4 bridgehead atoms. The van der Waals surface area contributed by atoms with E-state index in [0.717, 1.165) is 34.9 Å². The van der Waals surface area contributed by atoms with Gasteiger partial charge >= 0.3 is 0 Å². The number of nitrogens with zero attached hydrogens (tertiary/aromatic N) is 1. The predicted molar refractivity (Wildman–Crippen MR) is 72.7 cm³/mol.